The number of rotatable bonds is 5. The van der Waals surface area contributed by atoms with Gasteiger partial charge in [0.2, 0.25) is 0 Å². The van der Waals surface area contributed by atoms with Gasteiger partial charge in [0.05, 0.1) is 6.61 Å². The van der Waals surface area contributed by atoms with Gasteiger partial charge in [-0.25, -0.2) is 0 Å². The van der Waals surface area contributed by atoms with Crippen LogP contribution < -0.4 is 10.6 Å². The van der Waals surface area contributed by atoms with Gasteiger partial charge >= 0.3 is 0 Å². The molecule has 0 aliphatic carbocycles. The molecule has 8 heteroatoms. The number of carbonyl (C=O) groups is 1. The highest BCUT2D eigenvalue weighted by atomic mass is 35.5. The predicted octanol–water partition coefficient (Wildman–Crippen LogP) is 1.66. The third-order valence-corrected chi connectivity index (χ3v) is 4.79. The summed E-state index contributed by atoms with van der Waals surface area (Å²) < 4.78 is 5.48. The van der Waals surface area contributed by atoms with E-state index in [0.717, 1.165) is 44.7 Å². The molecule has 6 nitrogen and oxygen atoms in total. The first-order chi connectivity index (χ1) is 11.7. The van der Waals surface area contributed by atoms with Crippen molar-refractivity contribution in [3.05, 3.63) is 29.8 Å². The fourth-order valence-corrected chi connectivity index (χ4v) is 3.29. The maximum atomic E-state index is 12.2. The minimum Gasteiger partial charge on any atom is -0.396 e. The van der Waals surface area contributed by atoms with E-state index in [1.807, 2.05) is 18.2 Å². The maximum absolute atomic E-state index is 12.2. The van der Waals surface area contributed by atoms with E-state index in [1.165, 1.54) is 5.56 Å². The molecule has 3 rings (SSSR count). The van der Waals surface area contributed by atoms with E-state index in [0.29, 0.717) is 25.7 Å². The maximum Gasteiger partial charge on any atom is 0.254 e. The molecule has 2 fully saturated rings. The van der Waals surface area contributed by atoms with Crippen molar-refractivity contribution >= 4 is 36.4 Å². The standard InChI is InChI=1S/C18H27N3O3.2ClH/c22-13-14-4-7-21(8-5-14)12-15-2-1-3-16(10-15)20-18(23)17-11-19-6-9-24-17;;/h1-3,10,14,17,19,22H,4-9,11-13H2,(H,20,23);2*1H/t17-;;/m1../s1. The molecular formula is C18H29Cl2N3O3. The number of aliphatic hydroxyl groups excluding tert-OH is 1. The molecule has 2 aliphatic rings. The Morgan fingerprint density at radius 3 is 2.73 bits per heavy atom. The first-order valence-corrected chi connectivity index (χ1v) is 8.80. The Kier molecular flexibility index (Phi) is 10.5. The average Bonchev–Trinajstić information content (AvgIpc) is 2.63. The molecule has 0 aromatic heterocycles. The van der Waals surface area contributed by atoms with E-state index >= 15 is 0 Å². The van der Waals surface area contributed by atoms with Crippen LogP contribution in [0.1, 0.15) is 18.4 Å². The van der Waals surface area contributed by atoms with E-state index in [1.54, 1.807) is 0 Å². The summed E-state index contributed by atoms with van der Waals surface area (Å²) in [7, 11) is 0. The van der Waals surface area contributed by atoms with Gasteiger partial charge in [-0.05, 0) is 49.5 Å². The number of hydrogen-bond donors (Lipinski definition) is 3. The Morgan fingerprint density at radius 1 is 1.31 bits per heavy atom. The molecule has 148 valence electrons. The second kappa shape index (κ2) is 11.7. The first-order valence-electron chi connectivity index (χ1n) is 8.80. The van der Waals surface area contributed by atoms with Crippen molar-refractivity contribution in [3.63, 3.8) is 0 Å². The lowest BCUT2D eigenvalue weighted by atomic mass is 9.97. The summed E-state index contributed by atoms with van der Waals surface area (Å²) in [6.45, 7) is 5.14. The molecule has 2 aliphatic heterocycles. The van der Waals surface area contributed by atoms with Crippen LogP contribution in [0.4, 0.5) is 5.69 Å². The Bertz CT molecular complexity index is 548. The molecule has 1 atom stereocenters. The van der Waals surface area contributed by atoms with Gasteiger partial charge in [-0.2, -0.15) is 0 Å². The predicted molar refractivity (Wildman–Crippen MR) is 107 cm³/mol. The number of aliphatic hydroxyl groups is 1. The average molecular weight is 406 g/mol. The van der Waals surface area contributed by atoms with Crippen molar-refractivity contribution in [2.45, 2.75) is 25.5 Å². The SMILES string of the molecule is Cl.Cl.O=C(Nc1cccc(CN2CCC(CO)CC2)c1)[C@H]1CNCCO1. The normalized spacial score (nSPS) is 21.3. The largest absolute Gasteiger partial charge is 0.396 e. The van der Waals surface area contributed by atoms with Gasteiger partial charge in [0.1, 0.15) is 6.10 Å². The van der Waals surface area contributed by atoms with Crippen LogP contribution in [0.2, 0.25) is 0 Å². The molecule has 0 saturated carbocycles. The van der Waals surface area contributed by atoms with Crippen LogP contribution in [0.15, 0.2) is 24.3 Å². The fraction of sp³-hybridized carbons (Fsp3) is 0.611. The van der Waals surface area contributed by atoms with E-state index < -0.39 is 6.10 Å². The summed E-state index contributed by atoms with van der Waals surface area (Å²) in [5.41, 5.74) is 2.01. The molecular weight excluding hydrogens is 377 g/mol. The van der Waals surface area contributed by atoms with Crippen molar-refractivity contribution in [1.82, 2.24) is 10.2 Å². The molecule has 0 bridgehead atoms. The highest BCUT2D eigenvalue weighted by molar-refractivity contribution is 5.94. The highest BCUT2D eigenvalue weighted by Crippen LogP contribution is 2.20. The van der Waals surface area contributed by atoms with Crippen LogP contribution in [0.5, 0.6) is 0 Å². The summed E-state index contributed by atoms with van der Waals surface area (Å²) in [5, 5.41) is 15.3. The van der Waals surface area contributed by atoms with E-state index in [4.69, 9.17) is 4.74 Å². The minimum absolute atomic E-state index is 0. The molecule has 26 heavy (non-hydrogen) atoms. The number of carbonyl (C=O) groups excluding carboxylic acids is 1. The quantitative estimate of drug-likeness (QED) is 0.694. The Hall–Kier alpha value is -0.890. The van der Waals surface area contributed by atoms with Crippen LogP contribution in [-0.2, 0) is 16.1 Å². The minimum atomic E-state index is -0.417. The third kappa shape index (κ3) is 6.68. The van der Waals surface area contributed by atoms with Crippen LogP contribution in [-0.4, -0.2) is 61.4 Å². The number of likely N-dealkylation sites (tertiary alicyclic amines) is 1. The number of nitrogens with zero attached hydrogens (tertiary/aromatic N) is 1. The van der Waals surface area contributed by atoms with Crippen molar-refractivity contribution in [2.75, 3.05) is 44.7 Å². The highest BCUT2D eigenvalue weighted by Gasteiger charge is 2.22. The summed E-state index contributed by atoms with van der Waals surface area (Å²) >= 11 is 0. The number of hydrogen-bond acceptors (Lipinski definition) is 5. The first kappa shape index (κ1) is 23.1. The molecule has 1 amide bonds. The third-order valence-electron chi connectivity index (χ3n) is 4.79. The monoisotopic (exact) mass is 405 g/mol. The number of nitrogens with one attached hydrogen (secondary N) is 2. The lowest BCUT2D eigenvalue weighted by molar-refractivity contribution is -0.128. The second-order valence-corrected chi connectivity index (χ2v) is 6.66. The van der Waals surface area contributed by atoms with Gasteiger partial charge in [0, 0.05) is 31.9 Å². The lowest BCUT2D eigenvalue weighted by Crippen LogP contribution is -2.45. The molecule has 2 saturated heterocycles. The van der Waals surface area contributed by atoms with Crippen molar-refractivity contribution < 1.29 is 14.6 Å². The van der Waals surface area contributed by atoms with Crippen LogP contribution >= 0.6 is 24.8 Å². The number of halogens is 2. The van der Waals surface area contributed by atoms with Gasteiger partial charge in [-0.3, -0.25) is 9.69 Å². The number of anilines is 1. The smallest absolute Gasteiger partial charge is 0.254 e. The Morgan fingerprint density at radius 2 is 2.08 bits per heavy atom. The summed E-state index contributed by atoms with van der Waals surface area (Å²) in [6.07, 6.45) is 1.69. The fourth-order valence-electron chi connectivity index (χ4n) is 3.29. The van der Waals surface area contributed by atoms with Gasteiger partial charge < -0.3 is 20.5 Å². The number of morpholine rings is 1. The zero-order valence-corrected chi connectivity index (χ0v) is 16.5. The molecule has 3 N–H and O–H groups in total. The van der Waals surface area contributed by atoms with E-state index in [-0.39, 0.29) is 30.7 Å². The van der Waals surface area contributed by atoms with Gasteiger partial charge in [-0.1, -0.05) is 12.1 Å². The molecule has 0 spiro atoms. The molecule has 0 radical (unpaired) electrons. The van der Waals surface area contributed by atoms with E-state index in [2.05, 4.69) is 21.6 Å². The van der Waals surface area contributed by atoms with Crippen molar-refractivity contribution in [2.24, 2.45) is 5.92 Å². The van der Waals surface area contributed by atoms with Gasteiger partial charge in [0.25, 0.3) is 5.91 Å². The zero-order chi connectivity index (χ0) is 16.8. The lowest BCUT2D eigenvalue weighted by Gasteiger charge is -2.31. The molecule has 1 aromatic carbocycles. The number of benzene rings is 1. The molecule has 1 aromatic rings. The van der Waals surface area contributed by atoms with Gasteiger partial charge in [0.15, 0.2) is 0 Å². The Balaban J connectivity index is 0.00000169. The number of piperidine rings is 1. The number of ether oxygens (including phenoxy) is 1. The summed E-state index contributed by atoms with van der Waals surface area (Å²) in [5.74, 6) is 0.360. The van der Waals surface area contributed by atoms with Crippen molar-refractivity contribution in [1.29, 1.82) is 0 Å². The Labute approximate surface area is 167 Å². The van der Waals surface area contributed by atoms with Gasteiger partial charge in [-0.15, -0.1) is 24.8 Å². The zero-order valence-electron chi connectivity index (χ0n) is 14.9. The summed E-state index contributed by atoms with van der Waals surface area (Å²) in [6, 6.07) is 8.01. The van der Waals surface area contributed by atoms with Crippen LogP contribution in [0.25, 0.3) is 0 Å². The topological polar surface area (TPSA) is 73.8 Å². The van der Waals surface area contributed by atoms with Crippen LogP contribution in [0, 0.1) is 5.92 Å². The van der Waals surface area contributed by atoms with E-state index in [9.17, 15) is 9.90 Å². The molecule has 2 heterocycles. The van der Waals surface area contributed by atoms with Crippen molar-refractivity contribution in [3.8, 4) is 0 Å². The van der Waals surface area contributed by atoms with Crippen LogP contribution in [0.3, 0.4) is 0 Å². The summed E-state index contributed by atoms with van der Waals surface area (Å²) in [4.78, 5) is 14.6. The molecule has 0 unspecified atom stereocenters. The number of amides is 1. The second-order valence-electron chi connectivity index (χ2n) is 6.66.